The first-order valence-corrected chi connectivity index (χ1v) is 22.1. The smallest absolute Gasteiger partial charge is 0.0622 e. The zero-order chi connectivity index (χ0) is 41.2. The largest absolute Gasteiger partial charge is 0.0737 e. The predicted octanol–water partition coefficient (Wildman–Crippen LogP) is 16.8. The third-order valence-electron chi connectivity index (χ3n) is 14.4. The minimum Gasteiger partial charge on any atom is -0.0622 e. The fourth-order valence-corrected chi connectivity index (χ4v) is 12.1. The van der Waals surface area contributed by atoms with Gasteiger partial charge in [0.25, 0.3) is 0 Å². The van der Waals surface area contributed by atoms with Crippen LogP contribution in [-0.2, 0) is 5.41 Å². The summed E-state index contributed by atoms with van der Waals surface area (Å²) in [6, 6.07) is 86.6. The topological polar surface area (TPSA) is 0 Å². The van der Waals surface area contributed by atoms with E-state index in [2.05, 4.69) is 231 Å². The van der Waals surface area contributed by atoms with Gasteiger partial charge in [-0.15, -0.1) is 0 Å². The Morgan fingerprint density at radius 1 is 0.206 bits per heavy atom. The van der Waals surface area contributed by atoms with Gasteiger partial charge >= 0.3 is 0 Å². The quantitative estimate of drug-likeness (QED) is 0.123. The lowest BCUT2D eigenvalue weighted by Gasteiger charge is -2.33. The number of fused-ring (bicyclic) bond motifs is 19. The van der Waals surface area contributed by atoms with Crippen molar-refractivity contribution >= 4 is 53.9 Å². The Kier molecular flexibility index (Phi) is 7.13. The van der Waals surface area contributed by atoms with E-state index in [1.54, 1.807) is 0 Å². The van der Waals surface area contributed by atoms with E-state index in [0.717, 1.165) is 0 Å². The molecule has 0 bridgehead atoms. The van der Waals surface area contributed by atoms with Crippen LogP contribution in [0, 0.1) is 0 Å². The fourth-order valence-electron chi connectivity index (χ4n) is 12.1. The Morgan fingerprint density at radius 2 is 0.603 bits per heavy atom. The number of rotatable bonds is 3. The fraction of sp³-hybridized carbons (Fsp3) is 0.0159. The minimum atomic E-state index is -0.514. The summed E-state index contributed by atoms with van der Waals surface area (Å²) in [6.45, 7) is 0. The first kappa shape index (κ1) is 34.6. The molecule has 290 valence electrons. The van der Waals surface area contributed by atoms with Gasteiger partial charge in [0, 0.05) is 0 Å². The lowest BCUT2D eigenvalue weighted by molar-refractivity contribution is 0.809. The number of hydrogen-bond donors (Lipinski definition) is 0. The molecule has 0 heterocycles. The standard InChI is InChI=1S/C63H38/c1-2-19-39(20-3-1)58-48-29-8-10-31-50(48)59(51-32-11-9-30-49(51)58)41-22-18-21-40(37-41)54-38-55-60-47-28-7-4-23-42(47)43-24-5-13-34-53(43)62(60)63(61(55)52-33-12-6-25-44(52)54)56-35-16-14-26-45(56)46-27-15-17-36-57(46)63/h1-38H. The molecule has 0 radical (unpaired) electrons. The van der Waals surface area contributed by atoms with Crippen LogP contribution in [0.3, 0.4) is 0 Å². The molecule has 14 rings (SSSR count). The van der Waals surface area contributed by atoms with Crippen molar-refractivity contribution in [3.05, 3.63) is 253 Å². The third kappa shape index (κ3) is 4.54. The van der Waals surface area contributed by atoms with Gasteiger partial charge in [-0.3, -0.25) is 0 Å². The van der Waals surface area contributed by atoms with Gasteiger partial charge in [0.1, 0.15) is 0 Å². The molecule has 0 unspecified atom stereocenters. The van der Waals surface area contributed by atoms with E-state index in [4.69, 9.17) is 0 Å². The molecule has 0 nitrogen and oxygen atoms in total. The molecule has 0 atom stereocenters. The van der Waals surface area contributed by atoms with Gasteiger partial charge in [-0.05, 0) is 144 Å². The molecule has 0 amide bonds. The summed E-state index contributed by atoms with van der Waals surface area (Å²) in [5.74, 6) is 0. The Morgan fingerprint density at radius 3 is 1.19 bits per heavy atom. The highest BCUT2D eigenvalue weighted by atomic mass is 14.5. The SMILES string of the molecule is c1ccc(-c2c3ccccc3c(-c3cccc(-c4cc5c(c6ccccc46)C4(c6ccccc6-c6ccccc64)c4c-5c5ccccc5c5ccccc45)c3)c3ccccc23)cc1. The van der Waals surface area contributed by atoms with Crippen molar-refractivity contribution in [2.45, 2.75) is 5.41 Å². The van der Waals surface area contributed by atoms with Crippen LogP contribution < -0.4 is 0 Å². The highest BCUT2D eigenvalue weighted by molar-refractivity contribution is 6.24. The molecule has 2 aliphatic rings. The van der Waals surface area contributed by atoms with Crippen LogP contribution in [0.4, 0.5) is 0 Å². The first-order chi connectivity index (χ1) is 31.3. The number of benzene rings is 12. The third-order valence-corrected chi connectivity index (χ3v) is 14.4. The summed E-state index contributed by atoms with van der Waals surface area (Å²) < 4.78 is 0. The van der Waals surface area contributed by atoms with E-state index in [1.165, 1.54) is 132 Å². The van der Waals surface area contributed by atoms with Crippen LogP contribution >= 0.6 is 0 Å². The van der Waals surface area contributed by atoms with Gasteiger partial charge in [-0.1, -0.05) is 218 Å². The molecule has 12 aromatic rings. The Labute approximate surface area is 366 Å². The van der Waals surface area contributed by atoms with E-state index in [0.29, 0.717) is 0 Å². The van der Waals surface area contributed by atoms with E-state index in [9.17, 15) is 0 Å². The summed E-state index contributed by atoms with van der Waals surface area (Å²) in [6.07, 6.45) is 0. The van der Waals surface area contributed by atoms with Gasteiger partial charge < -0.3 is 0 Å². The van der Waals surface area contributed by atoms with Gasteiger partial charge in [-0.2, -0.15) is 0 Å². The van der Waals surface area contributed by atoms with Gasteiger partial charge in [-0.25, -0.2) is 0 Å². The molecule has 2 aliphatic carbocycles. The summed E-state index contributed by atoms with van der Waals surface area (Å²) in [5, 5.41) is 12.8. The van der Waals surface area contributed by atoms with Crippen LogP contribution in [-0.4, -0.2) is 0 Å². The van der Waals surface area contributed by atoms with Crippen LogP contribution in [0.1, 0.15) is 22.3 Å². The van der Waals surface area contributed by atoms with Crippen molar-refractivity contribution in [1.29, 1.82) is 0 Å². The summed E-state index contributed by atoms with van der Waals surface area (Å²) in [7, 11) is 0. The molecular formula is C63H38. The molecule has 0 aromatic heterocycles. The second-order valence-corrected chi connectivity index (χ2v) is 17.4. The predicted molar refractivity (Wildman–Crippen MR) is 267 cm³/mol. The first-order valence-electron chi connectivity index (χ1n) is 22.1. The van der Waals surface area contributed by atoms with Crippen molar-refractivity contribution in [1.82, 2.24) is 0 Å². The Hall–Kier alpha value is -8.06. The minimum absolute atomic E-state index is 0.514. The van der Waals surface area contributed by atoms with Crippen molar-refractivity contribution in [2.75, 3.05) is 0 Å². The van der Waals surface area contributed by atoms with Crippen LogP contribution in [0.2, 0.25) is 0 Å². The lowest BCUT2D eigenvalue weighted by atomic mass is 9.68. The van der Waals surface area contributed by atoms with E-state index >= 15 is 0 Å². The molecule has 1 spiro atoms. The molecule has 0 saturated heterocycles. The zero-order valence-electron chi connectivity index (χ0n) is 34.4. The van der Waals surface area contributed by atoms with Crippen LogP contribution in [0.25, 0.3) is 109 Å². The normalized spacial score (nSPS) is 13.2. The van der Waals surface area contributed by atoms with Gasteiger partial charge in [0.05, 0.1) is 5.41 Å². The molecule has 0 aliphatic heterocycles. The monoisotopic (exact) mass is 794 g/mol. The Bertz CT molecular complexity index is 3800. The summed E-state index contributed by atoms with van der Waals surface area (Å²) >= 11 is 0. The van der Waals surface area contributed by atoms with Gasteiger partial charge in [0.15, 0.2) is 0 Å². The highest BCUT2D eigenvalue weighted by Crippen LogP contribution is 2.67. The molecule has 0 heteroatoms. The maximum absolute atomic E-state index is 2.56. The lowest BCUT2D eigenvalue weighted by Crippen LogP contribution is -2.26. The van der Waals surface area contributed by atoms with E-state index in [-0.39, 0.29) is 0 Å². The second kappa shape index (κ2) is 13.0. The maximum Gasteiger partial charge on any atom is 0.0737 e. The summed E-state index contributed by atoms with van der Waals surface area (Å²) in [5.41, 5.74) is 17.8. The van der Waals surface area contributed by atoms with Crippen molar-refractivity contribution < 1.29 is 0 Å². The zero-order valence-corrected chi connectivity index (χ0v) is 34.4. The molecule has 12 aromatic carbocycles. The maximum atomic E-state index is 2.56. The van der Waals surface area contributed by atoms with Crippen molar-refractivity contribution in [2.24, 2.45) is 0 Å². The van der Waals surface area contributed by atoms with Crippen LogP contribution in [0.5, 0.6) is 0 Å². The molecule has 0 saturated carbocycles. The average Bonchev–Trinajstić information content (AvgIpc) is 3.83. The highest BCUT2D eigenvalue weighted by Gasteiger charge is 2.54. The molecular weight excluding hydrogens is 757 g/mol. The second-order valence-electron chi connectivity index (χ2n) is 17.4. The van der Waals surface area contributed by atoms with Gasteiger partial charge in [0.2, 0.25) is 0 Å². The van der Waals surface area contributed by atoms with E-state index in [1.807, 2.05) is 0 Å². The number of hydrogen-bond acceptors (Lipinski definition) is 0. The van der Waals surface area contributed by atoms with Crippen molar-refractivity contribution in [3.63, 3.8) is 0 Å². The average molecular weight is 795 g/mol. The Balaban J connectivity index is 1.11. The van der Waals surface area contributed by atoms with Crippen LogP contribution in [0.15, 0.2) is 231 Å². The van der Waals surface area contributed by atoms with Crippen molar-refractivity contribution in [3.8, 4) is 55.6 Å². The molecule has 0 N–H and O–H groups in total. The summed E-state index contributed by atoms with van der Waals surface area (Å²) in [4.78, 5) is 0. The molecule has 0 fully saturated rings. The molecule has 63 heavy (non-hydrogen) atoms. The van der Waals surface area contributed by atoms with E-state index < -0.39 is 5.41 Å².